The van der Waals surface area contributed by atoms with E-state index in [1.54, 1.807) is 12.1 Å². The van der Waals surface area contributed by atoms with Crippen molar-refractivity contribution in [3.05, 3.63) is 84.5 Å². The molecule has 4 rings (SSSR count). The predicted molar refractivity (Wildman–Crippen MR) is 138 cm³/mol. The molecule has 2 aliphatic rings. The second-order valence-corrected chi connectivity index (χ2v) is 9.94. The lowest BCUT2D eigenvalue weighted by Crippen LogP contribution is -2.30. The number of benzene rings is 2. The van der Waals surface area contributed by atoms with Gasteiger partial charge in [0.1, 0.15) is 18.1 Å². The van der Waals surface area contributed by atoms with Crippen LogP contribution < -0.4 is 9.47 Å². The van der Waals surface area contributed by atoms with Crippen LogP contribution in [-0.2, 0) is 0 Å². The molecule has 0 radical (unpaired) electrons. The molecular formula is C31H38O3. The summed E-state index contributed by atoms with van der Waals surface area (Å²) in [5.74, 6) is 4.25. The van der Waals surface area contributed by atoms with Crippen LogP contribution in [0.1, 0.15) is 80.1 Å². The van der Waals surface area contributed by atoms with Crippen LogP contribution in [0, 0.1) is 17.8 Å². The SMILES string of the molecule is C=CCCC1CCC2CC(c3ccc(C(=O)Oc4ccc(OC/C=C/C)cc4)cc3)CCC2C1. The first kappa shape index (κ1) is 24.3. The summed E-state index contributed by atoms with van der Waals surface area (Å²) in [6, 6.07) is 15.3. The third kappa shape index (κ3) is 6.40. The number of fused-ring (bicyclic) bond motifs is 1. The Morgan fingerprint density at radius 1 is 0.941 bits per heavy atom. The van der Waals surface area contributed by atoms with E-state index >= 15 is 0 Å². The van der Waals surface area contributed by atoms with Crippen LogP contribution in [-0.4, -0.2) is 12.6 Å². The first-order valence-electron chi connectivity index (χ1n) is 12.9. The Morgan fingerprint density at radius 3 is 2.38 bits per heavy atom. The van der Waals surface area contributed by atoms with E-state index in [-0.39, 0.29) is 5.97 Å². The quantitative estimate of drug-likeness (QED) is 0.216. The number of carbonyl (C=O) groups excluding carboxylic acids is 1. The van der Waals surface area contributed by atoms with E-state index in [4.69, 9.17) is 9.47 Å². The van der Waals surface area contributed by atoms with Gasteiger partial charge < -0.3 is 9.47 Å². The molecular weight excluding hydrogens is 420 g/mol. The van der Waals surface area contributed by atoms with E-state index < -0.39 is 0 Å². The second kappa shape index (κ2) is 12.1. The maximum Gasteiger partial charge on any atom is 0.343 e. The highest BCUT2D eigenvalue weighted by molar-refractivity contribution is 5.91. The molecule has 0 aliphatic heterocycles. The molecule has 180 valence electrons. The summed E-state index contributed by atoms with van der Waals surface area (Å²) in [4.78, 5) is 12.6. The average Bonchev–Trinajstić information content (AvgIpc) is 2.88. The Labute approximate surface area is 204 Å². The molecule has 4 atom stereocenters. The lowest BCUT2D eigenvalue weighted by Gasteiger charge is -2.42. The average molecular weight is 459 g/mol. The third-order valence-electron chi connectivity index (χ3n) is 7.73. The van der Waals surface area contributed by atoms with E-state index in [0.29, 0.717) is 23.8 Å². The van der Waals surface area contributed by atoms with Crippen molar-refractivity contribution in [3.8, 4) is 11.5 Å². The summed E-state index contributed by atoms with van der Waals surface area (Å²) in [5.41, 5.74) is 1.96. The molecule has 0 bridgehead atoms. The molecule has 2 aromatic rings. The van der Waals surface area contributed by atoms with Gasteiger partial charge in [-0.1, -0.05) is 36.8 Å². The van der Waals surface area contributed by atoms with E-state index in [0.717, 1.165) is 29.9 Å². The van der Waals surface area contributed by atoms with Crippen LogP contribution in [0.4, 0.5) is 0 Å². The van der Waals surface area contributed by atoms with Crippen molar-refractivity contribution in [2.75, 3.05) is 6.61 Å². The van der Waals surface area contributed by atoms with Crippen LogP contribution in [0.2, 0.25) is 0 Å². The topological polar surface area (TPSA) is 35.5 Å². The fraction of sp³-hybridized carbons (Fsp3) is 0.452. The minimum atomic E-state index is -0.323. The number of ether oxygens (including phenoxy) is 2. The number of esters is 1. The number of hydrogen-bond donors (Lipinski definition) is 0. The van der Waals surface area contributed by atoms with Gasteiger partial charge in [-0.3, -0.25) is 0 Å². The van der Waals surface area contributed by atoms with Crippen LogP contribution in [0.3, 0.4) is 0 Å². The van der Waals surface area contributed by atoms with Crippen molar-refractivity contribution < 1.29 is 14.3 Å². The van der Waals surface area contributed by atoms with Gasteiger partial charge in [-0.05, 0) is 118 Å². The fourth-order valence-corrected chi connectivity index (χ4v) is 5.81. The number of rotatable bonds is 9. The molecule has 3 nitrogen and oxygen atoms in total. The maximum atomic E-state index is 12.6. The Kier molecular flexibility index (Phi) is 8.62. The molecule has 3 heteroatoms. The second-order valence-electron chi connectivity index (χ2n) is 9.94. The number of carbonyl (C=O) groups is 1. The highest BCUT2D eigenvalue weighted by Gasteiger charge is 2.35. The van der Waals surface area contributed by atoms with Gasteiger partial charge in [0, 0.05) is 0 Å². The Bertz CT molecular complexity index is 957. The minimum Gasteiger partial charge on any atom is -0.490 e. The zero-order chi connectivity index (χ0) is 23.8. The molecule has 0 spiro atoms. The number of allylic oxidation sites excluding steroid dienone is 2. The zero-order valence-electron chi connectivity index (χ0n) is 20.5. The van der Waals surface area contributed by atoms with Gasteiger partial charge in [0.15, 0.2) is 0 Å². The van der Waals surface area contributed by atoms with Crippen LogP contribution in [0.15, 0.2) is 73.3 Å². The van der Waals surface area contributed by atoms with Crippen molar-refractivity contribution in [2.45, 2.75) is 64.2 Å². The van der Waals surface area contributed by atoms with Crippen molar-refractivity contribution in [3.63, 3.8) is 0 Å². The van der Waals surface area contributed by atoms with Gasteiger partial charge >= 0.3 is 5.97 Å². The Morgan fingerprint density at radius 2 is 1.65 bits per heavy atom. The van der Waals surface area contributed by atoms with Gasteiger partial charge in [-0.15, -0.1) is 6.58 Å². The largest absolute Gasteiger partial charge is 0.490 e. The summed E-state index contributed by atoms with van der Waals surface area (Å²) >= 11 is 0. The third-order valence-corrected chi connectivity index (χ3v) is 7.73. The standard InChI is InChI=1S/C31H38O3/c1-3-5-7-23-8-9-28-22-27(15-14-26(28)21-23)24-10-12-25(13-11-24)31(32)34-30-18-16-29(17-19-30)33-20-6-4-2/h3-4,6,10-13,16-19,23,26-28H,1,5,7-9,14-15,20-22H2,2H3/b6-4+. The fourth-order valence-electron chi connectivity index (χ4n) is 5.81. The summed E-state index contributed by atoms with van der Waals surface area (Å²) in [5, 5.41) is 0. The summed E-state index contributed by atoms with van der Waals surface area (Å²) in [7, 11) is 0. The molecule has 0 heterocycles. The first-order chi connectivity index (χ1) is 16.7. The Hall–Kier alpha value is -2.81. The van der Waals surface area contributed by atoms with Crippen molar-refractivity contribution >= 4 is 5.97 Å². The molecule has 0 amide bonds. The lowest BCUT2D eigenvalue weighted by atomic mass is 9.63. The van der Waals surface area contributed by atoms with Crippen LogP contribution >= 0.6 is 0 Å². The Balaban J connectivity index is 1.28. The summed E-state index contributed by atoms with van der Waals surface area (Å²) in [6.07, 6.45) is 16.5. The van der Waals surface area contributed by atoms with Crippen LogP contribution in [0.25, 0.3) is 0 Å². The van der Waals surface area contributed by atoms with E-state index in [9.17, 15) is 4.79 Å². The first-order valence-corrected chi connectivity index (χ1v) is 12.9. The van der Waals surface area contributed by atoms with Gasteiger partial charge in [0.2, 0.25) is 0 Å². The lowest BCUT2D eigenvalue weighted by molar-refractivity contribution is 0.0734. The predicted octanol–water partition coefficient (Wildman–Crippen LogP) is 8.13. The molecule has 0 aromatic heterocycles. The molecule has 0 saturated heterocycles. The molecule has 2 aliphatic carbocycles. The van der Waals surface area contributed by atoms with Crippen LogP contribution in [0.5, 0.6) is 11.5 Å². The van der Waals surface area contributed by atoms with Crippen molar-refractivity contribution in [1.82, 2.24) is 0 Å². The van der Waals surface area contributed by atoms with E-state index in [1.165, 1.54) is 50.5 Å². The maximum absolute atomic E-state index is 12.6. The molecule has 34 heavy (non-hydrogen) atoms. The molecule has 2 aromatic carbocycles. The van der Waals surface area contributed by atoms with Gasteiger partial charge in [0.25, 0.3) is 0 Å². The minimum absolute atomic E-state index is 0.323. The molecule has 4 unspecified atom stereocenters. The molecule has 2 saturated carbocycles. The molecule has 0 N–H and O–H groups in total. The van der Waals surface area contributed by atoms with Gasteiger partial charge in [-0.2, -0.15) is 0 Å². The summed E-state index contributed by atoms with van der Waals surface area (Å²) in [6.45, 7) is 6.37. The van der Waals surface area contributed by atoms with E-state index in [1.807, 2.05) is 43.3 Å². The molecule has 2 fully saturated rings. The summed E-state index contributed by atoms with van der Waals surface area (Å²) < 4.78 is 11.1. The number of hydrogen-bond acceptors (Lipinski definition) is 3. The van der Waals surface area contributed by atoms with E-state index in [2.05, 4.69) is 24.8 Å². The van der Waals surface area contributed by atoms with Crippen molar-refractivity contribution in [1.29, 1.82) is 0 Å². The van der Waals surface area contributed by atoms with Crippen molar-refractivity contribution in [2.24, 2.45) is 17.8 Å². The monoisotopic (exact) mass is 458 g/mol. The highest BCUT2D eigenvalue weighted by Crippen LogP contribution is 2.48. The van der Waals surface area contributed by atoms with Gasteiger partial charge in [0.05, 0.1) is 5.56 Å². The highest BCUT2D eigenvalue weighted by atomic mass is 16.5. The smallest absolute Gasteiger partial charge is 0.343 e. The zero-order valence-corrected chi connectivity index (χ0v) is 20.5. The normalized spacial score (nSPS) is 24.4. The van der Waals surface area contributed by atoms with Gasteiger partial charge in [-0.25, -0.2) is 4.79 Å².